The van der Waals surface area contributed by atoms with Gasteiger partial charge >= 0.3 is 16.3 Å². The van der Waals surface area contributed by atoms with Gasteiger partial charge in [-0.15, -0.1) is 0 Å². The van der Waals surface area contributed by atoms with Crippen LogP contribution in [-0.4, -0.2) is 63.5 Å². The zero-order valence-corrected chi connectivity index (χ0v) is 15.7. The maximum absolute atomic E-state index is 14.6. The van der Waals surface area contributed by atoms with Gasteiger partial charge in [0.25, 0.3) is 0 Å². The van der Waals surface area contributed by atoms with Crippen molar-refractivity contribution in [2.75, 3.05) is 36.0 Å². The molecular formula is C15H19FN6O5S. The second-order valence-corrected chi connectivity index (χ2v) is 7.66. The maximum atomic E-state index is 14.6. The standard InChI is InChI=1S/C15H19FN6O5S/c1-10(23)18-7-12-8-21(15(24)27-12)11-2-3-14(13(16)6-11)20-4-5-22(19-9-20)28(17,25)26/h2-3,6,9,12H,4-5,7-8H2,1H3,(H,18,23)(H2,17,25,26)/t12-/m0/s1. The number of rotatable bonds is 5. The van der Waals surface area contributed by atoms with E-state index in [-0.39, 0.29) is 37.8 Å². The summed E-state index contributed by atoms with van der Waals surface area (Å²) in [5.74, 6) is -0.861. The molecule has 0 bridgehead atoms. The van der Waals surface area contributed by atoms with Crippen molar-refractivity contribution in [3.8, 4) is 0 Å². The van der Waals surface area contributed by atoms with Crippen molar-refractivity contribution >= 4 is 39.9 Å². The first-order chi connectivity index (χ1) is 13.1. The molecule has 0 unspecified atom stereocenters. The lowest BCUT2D eigenvalue weighted by atomic mass is 10.2. The van der Waals surface area contributed by atoms with Crippen LogP contribution in [0.15, 0.2) is 23.3 Å². The predicted octanol–water partition coefficient (Wildman–Crippen LogP) is -0.444. The van der Waals surface area contributed by atoms with Gasteiger partial charge in [0, 0.05) is 13.5 Å². The molecule has 1 aromatic carbocycles. The van der Waals surface area contributed by atoms with Crippen molar-refractivity contribution in [2.24, 2.45) is 10.2 Å². The van der Waals surface area contributed by atoms with Crippen LogP contribution < -0.4 is 20.3 Å². The molecule has 0 aromatic heterocycles. The van der Waals surface area contributed by atoms with Crippen LogP contribution in [0.3, 0.4) is 0 Å². The molecule has 11 nitrogen and oxygen atoms in total. The Morgan fingerprint density at radius 1 is 1.43 bits per heavy atom. The number of carbonyl (C=O) groups excluding carboxylic acids is 2. The van der Waals surface area contributed by atoms with Crippen LogP contribution in [0.2, 0.25) is 0 Å². The third-order valence-corrected chi connectivity index (χ3v) is 5.02. The minimum atomic E-state index is -3.95. The molecule has 152 valence electrons. The maximum Gasteiger partial charge on any atom is 0.414 e. The van der Waals surface area contributed by atoms with Gasteiger partial charge in [-0.05, 0) is 18.2 Å². The Morgan fingerprint density at radius 2 is 2.18 bits per heavy atom. The van der Waals surface area contributed by atoms with E-state index >= 15 is 0 Å². The molecule has 0 saturated carbocycles. The zero-order valence-electron chi connectivity index (χ0n) is 14.9. The number of ether oxygens (including phenoxy) is 1. The molecule has 1 aromatic rings. The fraction of sp³-hybridized carbons (Fsp3) is 0.400. The Balaban J connectivity index is 1.71. The van der Waals surface area contributed by atoms with Crippen molar-refractivity contribution < 1.29 is 27.1 Å². The molecule has 2 amide bonds. The van der Waals surface area contributed by atoms with E-state index in [2.05, 4.69) is 10.4 Å². The second-order valence-electron chi connectivity index (χ2n) is 6.20. The van der Waals surface area contributed by atoms with Gasteiger partial charge in [-0.25, -0.2) is 14.3 Å². The molecule has 2 aliphatic rings. The lowest BCUT2D eigenvalue weighted by Gasteiger charge is -2.28. The van der Waals surface area contributed by atoms with Crippen molar-refractivity contribution in [3.63, 3.8) is 0 Å². The third kappa shape index (κ3) is 4.31. The number of hydrazone groups is 1. The number of nitrogens with zero attached hydrogens (tertiary/aromatic N) is 4. The smallest absolute Gasteiger partial charge is 0.414 e. The molecule has 3 rings (SSSR count). The summed E-state index contributed by atoms with van der Waals surface area (Å²) in [5.41, 5.74) is 0.473. The number of nitrogens with one attached hydrogen (secondary N) is 1. The van der Waals surface area contributed by atoms with Gasteiger partial charge in [0.05, 0.1) is 31.0 Å². The Kier molecular flexibility index (Phi) is 5.38. The van der Waals surface area contributed by atoms with Crippen LogP contribution in [-0.2, 0) is 19.7 Å². The van der Waals surface area contributed by atoms with E-state index in [9.17, 15) is 22.4 Å². The SMILES string of the molecule is CC(=O)NC[C@H]1CN(c2ccc(N3C=NN(S(N)(=O)=O)CC3)c(F)c2)C(=O)O1. The molecule has 0 radical (unpaired) electrons. The van der Waals surface area contributed by atoms with Gasteiger partial charge in [0.15, 0.2) is 0 Å². The van der Waals surface area contributed by atoms with E-state index in [1.54, 1.807) is 6.07 Å². The Hall–Kier alpha value is -2.93. The number of benzene rings is 1. The average molecular weight is 414 g/mol. The first-order valence-corrected chi connectivity index (χ1v) is 9.79. The highest BCUT2D eigenvalue weighted by molar-refractivity contribution is 7.86. The highest BCUT2D eigenvalue weighted by Gasteiger charge is 2.33. The highest BCUT2D eigenvalue weighted by atomic mass is 32.2. The van der Waals surface area contributed by atoms with Gasteiger partial charge in [0.1, 0.15) is 18.3 Å². The van der Waals surface area contributed by atoms with Crippen LogP contribution in [0.4, 0.5) is 20.6 Å². The topological polar surface area (TPSA) is 138 Å². The number of anilines is 2. The fourth-order valence-electron chi connectivity index (χ4n) is 2.80. The number of carbonyl (C=O) groups is 2. The van der Waals surface area contributed by atoms with Crippen LogP contribution in [0, 0.1) is 5.82 Å². The number of hydrogen-bond donors (Lipinski definition) is 2. The fourth-order valence-corrected chi connectivity index (χ4v) is 3.31. The monoisotopic (exact) mass is 414 g/mol. The molecular weight excluding hydrogens is 395 g/mol. The molecule has 0 spiro atoms. The summed E-state index contributed by atoms with van der Waals surface area (Å²) in [6.07, 6.45) is 0.00272. The summed E-state index contributed by atoms with van der Waals surface area (Å²) in [6.45, 7) is 1.82. The molecule has 2 heterocycles. The van der Waals surface area contributed by atoms with Crippen molar-refractivity contribution in [3.05, 3.63) is 24.0 Å². The van der Waals surface area contributed by atoms with E-state index in [1.165, 1.54) is 35.2 Å². The number of amides is 2. The molecule has 1 fully saturated rings. The summed E-state index contributed by atoms with van der Waals surface area (Å²) in [6, 6.07) is 4.18. The van der Waals surface area contributed by atoms with E-state index < -0.39 is 28.2 Å². The largest absolute Gasteiger partial charge is 0.442 e. The summed E-state index contributed by atoms with van der Waals surface area (Å²) in [4.78, 5) is 25.7. The Morgan fingerprint density at radius 3 is 2.75 bits per heavy atom. The average Bonchev–Trinajstić information content (AvgIpc) is 3.00. The van der Waals surface area contributed by atoms with Gasteiger partial charge in [-0.3, -0.25) is 9.69 Å². The minimum absolute atomic E-state index is 0.0280. The van der Waals surface area contributed by atoms with Gasteiger partial charge in [-0.1, -0.05) is 0 Å². The first-order valence-electron chi connectivity index (χ1n) is 8.28. The van der Waals surface area contributed by atoms with E-state index in [0.29, 0.717) is 10.1 Å². The number of cyclic esters (lactones) is 1. The number of halogens is 1. The van der Waals surface area contributed by atoms with Gasteiger partial charge in [0.2, 0.25) is 5.91 Å². The quantitative estimate of drug-likeness (QED) is 0.670. The van der Waals surface area contributed by atoms with Crippen molar-refractivity contribution in [1.82, 2.24) is 9.73 Å². The zero-order chi connectivity index (χ0) is 20.5. The van der Waals surface area contributed by atoms with Crippen molar-refractivity contribution in [2.45, 2.75) is 13.0 Å². The van der Waals surface area contributed by atoms with Gasteiger partial charge < -0.3 is 15.0 Å². The van der Waals surface area contributed by atoms with Crippen molar-refractivity contribution in [1.29, 1.82) is 0 Å². The minimum Gasteiger partial charge on any atom is -0.442 e. The predicted molar refractivity (Wildman–Crippen MR) is 98.3 cm³/mol. The molecule has 1 atom stereocenters. The second kappa shape index (κ2) is 7.59. The first kappa shape index (κ1) is 19.8. The molecule has 28 heavy (non-hydrogen) atoms. The summed E-state index contributed by atoms with van der Waals surface area (Å²) in [5, 5.41) is 11.3. The summed E-state index contributed by atoms with van der Waals surface area (Å²) >= 11 is 0. The summed E-state index contributed by atoms with van der Waals surface area (Å²) < 4.78 is 43.0. The number of nitrogens with two attached hydrogens (primary N) is 1. The lowest BCUT2D eigenvalue weighted by molar-refractivity contribution is -0.119. The summed E-state index contributed by atoms with van der Waals surface area (Å²) in [7, 11) is -3.95. The number of hydrogen-bond acceptors (Lipinski definition) is 7. The van der Waals surface area contributed by atoms with Crippen LogP contribution in [0.1, 0.15) is 6.92 Å². The molecule has 0 aliphatic carbocycles. The van der Waals surface area contributed by atoms with Crippen LogP contribution >= 0.6 is 0 Å². The third-order valence-electron chi connectivity index (χ3n) is 4.15. The van der Waals surface area contributed by atoms with E-state index in [1.807, 2.05) is 0 Å². The normalized spacial score (nSPS) is 19.8. The van der Waals surface area contributed by atoms with Crippen LogP contribution in [0.5, 0.6) is 0 Å². The highest BCUT2D eigenvalue weighted by Crippen LogP contribution is 2.28. The molecule has 3 N–H and O–H groups in total. The Bertz CT molecular complexity index is 923. The molecule has 2 aliphatic heterocycles. The lowest BCUT2D eigenvalue weighted by Crippen LogP contribution is -2.43. The van der Waals surface area contributed by atoms with Crippen LogP contribution in [0.25, 0.3) is 0 Å². The van der Waals surface area contributed by atoms with E-state index in [0.717, 1.165) is 0 Å². The molecule has 13 heteroatoms. The van der Waals surface area contributed by atoms with E-state index in [4.69, 9.17) is 9.88 Å². The molecule has 1 saturated heterocycles. The van der Waals surface area contributed by atoms with Gasteiger partial charge in [-0.2, -0.15) is 17.9 Å². The Labute approximate surface area is 160 Å².